The first-order valence-corrected chi connectivity index (χ1v) is 8.95. The number of rotatable bonds is 7. The van der Waals surface area contributed by atoms with Crippen LogP contribution in [0.25, 0.3) is 0 Å². The second kappa shape index (κ2) is 9.18. The molecule has 3 rings (SSSR count). The SMILES string of the molecule is COCCNC(=O)c1cnc(N2CCN(c3ccccc3OC)CC2)nc1. The van der Waals surface area contributed by atoms with Crippen molar-refractivity contribution in [3.8, 4) is 5.75 Å². The highest BCUT2D eigenvalue weighted by atomic mass is 16.5. The molecule has 0 saturated carbocycles. The topological polar surface area (TPSA) is 79.8 Å². The Balaban J connectivity index is 1.57. The molecule has 0 radical (unpaired) electrons. The molecule has 8 heteroatoms. The molecule has 0 aliphatic carbocycles. The molecule has 8 nitrogen and oxygen atoms in total. The van der Waals surface area contributed by atoms with Crippen molar-refractivity contribution in [3.63, 3.8) is 0 Å². The van der Waals surface area contributed by atoms with E-state index in [9.17, 15) is 4.79 Å². The van der Waals surface area contributed by atoms with Gasteiger partial charge in [0.25, 0.3) is 5.91 Å². The van der Waals surface area contributed by atoms with Gasteiger partial charge in [0.1, 0.15) is 5.75 Å². The molecule has 1 N–H and O–H groups in total. The van der Waals surface area contributed by atoms with E-state index in [2.05, 4.69) is 31.2 Å². The molecular weight excluding hydrogens is 346 g/mol. The molecule has 1 amide bonds. The van der Waals surface area contributed by atoms with Crippen LogP contribution < -0.4 is 19.9 Å². The Hall–Kier alpha value is -2.87. The zero-order valence-electron chi connectivity index (χ0n) is 15.7. The van der Waals surface area contributed by atoms with Crippen molar-refractivity contribution in [1.82, 2.24) is 15.3 Å². The summed E-state index contributed by atoms with van der Waals surface area (Å²) in [6.45, 7) is 4.24. The standard InChI is InChI=1S/C19H25N5O3/c1-26-12-7-20-18(25)15-13-21-19(22-14-15)24-10-8-23(9-11-24)16-5-3-4-6-17(16)27-2/h3-6,13-14H,7-12H2,1-2H3,(H,20,25). The van der Waals surface area contributed by atoms with Gasteiger partial charge < -0.3 is 24.6 Å². The summed E-state index contributed by atoms with van der Waals surface area (Å²) in [6.07, 6.45) is 3.13. The van der Waals surface area contributed by atoms with Gasteiger partial charge in [0.05, 0.1) is 25.0 Å². The summed E-state index contributed by atoms with van der Waals surface area (Å²) in [5, 5.41) is 2.76. The minimum Gasteiger partial charge on any atom is -0.495 e. The lowest BCUT2D eigenvalue weighted by molar-refractivity contribution is 0.0936. The zero-order valence-corrected chi connectivity index (χ0v) is 15.7. The fourth-order valence-electron chi connectivity index (χ4n) is 3.01. The summed E-state index contributed by atoms with van der Waals surface area (Å²) in [7, 11) is 3.29. The molecule has 0 spiro atoms. The molecule has 2 heterocycles. The van der Waals surface area contributed by atoms with E-state index in [0.29, 0.717) is 24.7 Å². The van der Waals surface area contributed by atoms with Crippen LogP contribution in [0.4, 0.5) is 11.6 Å². The molecule has 0 atom stereocenters. The molecular formula is C19H25N5O3. The van der Waals surface area contributed by atoms with E-state index < -0.39 is 0 Å². The maximum atomic E-state index is 12.0. The number of nitrogens with zero attached hydrogens (tertiary/aromatic N) is 4. The quantitative estimate of drug-likeness (QED) is 0.732. The van der Waals surface area contributed by atoms with E-state index in [0.717, 1.165) is 37.6 Å². The Bertz CT molecular complexity index is 745. The summed E-state index contributed by atoms with van der Waals surface area (Å²) in [5.74, 6) is 1.33. The van der Waals surface area contributed by atoms with Crippen LogP contribution >= 0.6 is 0 Å². The zero-order chi connectivity index (χ0) is 19.1. The molecule has 2 aromatic rings. The fraction of sp³-hybridized carbons (Fsp3) is 0.421. The maximum Gasteiger partial charge on any atom is 0.254 e. The third-order valence-corrected chi connectivity index (χ3v) is 4.48. The Labute approximate surface area is 159 Å². The van der Waals surface area contributed by atoms with Crippen LogP contribution in [0.3, 0.4) is 0 Å². The number of methoxy groups -OCH3 is 2. The van der Waals surface area contributed by atoms with E-state index in [1.54, 1.807) is 26.6 Å². The minimum absolute atomic E-state index is 0.195. The number of carbonyl (C=O) groups excluding carboxylic acids is 1. The number of hydrogen-bond acceptors (Lipinski definition) is 7. The van der Waals surface area contributed by atoms with Crippen LogP contribution in [0.1, 0.15) is 10.4 Å². The van der Waals surface area contributed by atoms with Crippen LogP contribution in [0.2, 0.25) is 0 Å². The van der Waals surface area contributed by atoms with Crippen LogP contribution in [0, 0.1) is 0 Å². The number of hydrogen-bond donors (Lipinski definition) is 1. The third kappa shape index (κ3) is 4.65. The Morgan fingerprint density at radius 1 is 1.07 bits per heavy atom. The molecule has 0 bridgehead atoms. The number of amides is 1. The Kier molecular flexibility index (Phi) is 6.43. The Morgan fingerprint density at radius 3 is 2.41 bits per heavy atom. The van der Waals surface area contributed by atoms with Gasteiger partial charge in [0, 0.05) is 52.2 Å². The van der Waals surface area contributed by atoms with Gasteiger partial charge in [0.2, 0.25) is 5.95 Å². The molecule has 1 aliphatic rings. The molecule has 144 valence electrons. The number of anilines is 2. The van der Waals surface area contributed by atoms with Crippen LogP contribution in [-0.2, 0) is 4.74 Å². The van der Waals surface area contributed by atoms with Crippen LogP contribution in [0.5, 0.6) is 5.75 Å². The van der Waals surface area contributed by atoms with Gasteiger partial charge in [0.15, 0.2) is 0 Å². The van der Waals surface area contributed by atoms with Crippen molar-refractivity contribution >= 4 is 17.5 Å². The average Bonchev–Trinajstić information content (AvgIpc) is 2.74. The lowest BCUT2D eigenvalue weighted by Gasteiger charge is -2.36. The summed E-state index contributed by atoms with van der Waals surface area (Å²) in [4.78, 5) is 25.1. The number of carbonyl (C=O) groups is 1. The number of para-hydroxylation sites is 2. The van der Waals surface area contributed by atoms with E-state index >= 15 is 0 Å². The predicted molar refractivity (Wildman–Crippen MR) is 104 cm³/mol. The van der Waals surface area contributed by atoms with Crippen molar-refractivity contribution in [1.29, 1.82) is 0 Å². The van der Waals surface area contributed by atoms with Crippen LogP contribution in [0.15, 0.2) is 36.7 Å². The molecule has 1 fully saturated rings. The minimum atomic E-state index is -0.195. The van der Waals surface area contributed by atoms with Crippen molar-refractivity contribution in [2.75, 3.05) is 63.4 Å². The molecule has 1 aromatic heterocycles. The third-order valence-electron chi connectivity index (χ3n) is 4.48. The summed E-state index contributed by atoms with van der Waals surface area (Å²) in [6, 6.07) is 8.03. The fourth-order valence-corrected chi connectivity index (χ4v) is 3.01. The highest BCUT2D eigenvalue weighted by Crippen LogP contribution is 2.28. The number of piperazine rings is 1. The normalized spacial score (nSPS) is 14.1. The maximum absolute atomic E-state index is 12.0. The van der Waals surface area contributed by atoms with Crippen molar-refractivity contribution < 1.29 is 14.3 Å². The van der Waals surface area contributed by atoms with E-state index in [1.807, 2.05) is 18.2 Å². The number of benzene rings is 1. The molecule has 1 aliphatic heterocycles. The number of aromatic nitrogens is 2. The van der Waals surface area contributed by atoms with E-state index in [1.165, 1.54) is 0 Å². The van der Waals surface area contributed by atoms with Gasteiger partial charge >= 0.3 is 0 Å². The molecule has 27 heavy (non-hydrogen) atoms. The van der Waals surface area contributed by atoms with Crippen molar-refractivity contribution in [3.05, 3.63) is 42.2 Å². The van der Waals surface area contributed by atoms with E-state index in [-0.39, 0.29) is 5.91 Å². The summed E-state index contributed by atoms with van der Waals surface area (Å²) < 4.78 is 10.4. The first-order chi connectivity index (χ1) is 13.2. The van der Waals surface area contributed by atoms with Gasteiger partial charge in [-0.1, -0.05) is 12.1 Å². The van der Waals surface area contributed by atoms with Crippen molar-refractivity contribution in [2.24, 2.45) is 0 Å². The monoisotopic (exact) mass is 371 g/mol. The highest BCUT2D eigenvalue weighted by Gasteiger charge is 2.21. The van der Waals surface area contributed by atoms with E-state index in [4.69, 9.17) is 9.47 Å². The molecule has 0 unspecified atom stereocenters. The Morgan fingerprint density at radius 2 is 1.74 bits per heavy atom. The summed E-state index contributed by atoms with van der Waals surface area (Å²) >= 11 is 0. The second-order valence-electron chi connectivity index (χ2n) is 6.17. The van der Waals surface area contributed by atoms with Crippen LogP contribution in [-0.4, -0.2) is 69.4 Å². The van der Waals surface area contributed by atoms with Crippen molar-refractivity contribution in [2.45, 2.75) is 0 Å². The number of ether oxygens (including phenoxy) is 2. The first-order valence-electron chi connectivity index (χ1n) is 8.95. The lowest BCUT2D eigenvalue weighted by Crippen LogP contribution is -2.47. The highest BCUT2D eigenvalue weighted by molar-refractivity contribution is 5.93. The largest absolute Gasteiger partial charge is 0.495 e. The van der Waals surface area contributed by atoms with Gasteiger partial charge in [-0.3, -0.25) is 4.79 Å². The molecule has 1 saturated heterocycles. The average molecular weight is 371 g/mol. The van der Waals surface area contributed by atoms with Gasteiger partial charge in [-0.05, 0) is 12.1 Å². The smallest absolute Gasteiger partial charge is 0.254 e. The predicted octanol–water partition coefficient (Wildman–Crippen LogP) is 1.19. The first kappa shape index (κ1) is 18.9. The van der Waals surface area contributed by atoms with Gasteiger partial charge in [-0.2, -0.15) is 0 Å². The van der Waals surface area contributed by atoms with Gasteiger partial charge in [-0.15, -0.1) is 0 Å². The second-order valence-corrected chi connectivity index (χ2v) is 6.17. The summed E-state index contributed by atoms with van der Waals surface area (Å²) in [5.41, 5.74) is 1.55. The lowest BCUT2D eigenvalue weighted by atomic mass is 10.2. The number of nitrogens with one attached hydrogen (secondary N) is 1. The molecule has 1 aromatic carbocycles. The van der Waals surface area contributed by atoms with Gasteiger partial charge in [-0.25, -0.2) is 9.97 Å².